The summed E-state index contributed by atoms with van der Waals surface area (Å²) >= 11 is 0. The first-order valence-electron chi connectivity index (χ1n) is 7.65. The molecule has 0 saturated carbocycles. The molecule has 0 aromatic heterocycles. The van der Waals surface area contributed by atoms with Crippen molar-refractivity contribution in [3.63, 3.8) is 0 Å². The van der Waals surface area contributed by atoms with Crippen LogP contribution in [0.25, 0.3) is 0 Å². The van der Waals surface area contributed by atoms with E-state index in [1.807, 2.05) is 0 Å². The number of rotatable bonds is 7. The second kappa shape index (κ2) is 7.28. The molecule has 105 valence electrons. The third-order valence-corrected chi connectivity index (χ3v) is 3.90. The molecule has 0 aliphatic rings. The lowest BCUT2D eigenvalue weighted by Gasteiger charge is -2.30. The van der Waals surface area contributed by atoms with Gasteiger partial charge in [-0.15, -0.1) is 0 Å². The lowest BCUT2D eigenvalue weighted by molar-refractivity contribution is 0.328. The Bertz CT molecular complexity index is 442. The van der Waals surface area contributed by atoms with Crippen LogP contribution in [0.1, 0.15) is 37.3 Å². The molecule has 0 unspecified atom stereocenters. The summed E-state index contributed by atoms with van der Waals surface area (Å²) in [5.41, 5.74) is 2.91. The highest BCUT2D eigenvalue weighted by Crippen LogP contribution is 2.32. The first-order chi connectivity index (χ1) is 9.72. The summed E-state index contributed by atoms with van der Waals surface area (Å²) in [6.45, 7) is 6.85. The maximum Gasteiger partial charge on any atom is -0.0216 e. The van der Waals surface area contributed by atoms with Crippen LogP contribution in [0.4, 0.5) is 0 Å². The van der Waals surface area contributed by atoms with Gasteiger partial charge in [-0.1, -0.05) is 80.4 Å². The van der Waals surface area contributed by atoms with Crippen LogP contribution in [0, 0.1) is 12.3 Å². The summed E-state index contributed by atoms with van der Waals surface area (Å²) in [6.07, 6.45) is 5.79. The molecule has 0 fully saturated rings. The fraction of sp³-hybridized carbons (Fsp3) is 0.350. The van der Waals surface area contributed by atoms with Crippen molar-refractivity contribution >= 4 is 0 Å². The molecule has 0 heterocycles. The molecule has 1 radical (unpaired) electrons. The van der Waals surface area contributed by atoms with Crippen molar-refractivity contribution < 1.29 is 0 Å². The lowest BCUT2D eigenvalue weighted by Crippen LogP contribution is -2.23. The third kappa shape index (κ3) is 4.52. The van der Waals surface area contributed by atoms with Gasteiger partial charge >= 0.3 is 0 Å². The average molecular weight is 265 g/mol. The van der Waals surface area contributed by atoms with E-state index in [9.17, 15) is 0 Å². The van der Waals surface area contributed by atoms with Gasteiger partial charge in [-0.3, -0.25) is 0 Å². The summed E-state index contributed by atoms with van der Waals surface area (Å²) in [6, 6.07) is 21.5. The Hall–Kier alpha value is -1.56. The number of unbranched alkanes of at least 4 members (excludes halogenated alkanes) is 1. The zero-order chi connectivity index (χ0) is 14.3. The van der Waals surface area contributed by atoms with E-state index in [1.54, 1.807) is 0 Å². The third-order valence-electron chi connectivity index (χ3n) is 3.90. The summed E-state index contributed by atoms with van der Waals surface area (Å²) in [5.74, 6) is 0. The standard InChI is InChI=1S/C20H25/c1-3-4-15-20(2,16-18-11-7-5-8-12-18)17-19-13-9-6-10-14-19/h5-14H,2-4,15-17H2,1H3. The van der Waals surface area contributed by atoms with Crippen LogP contribution in [0.15, 0.2) is 60.7 Å². The van der Waals surface area contributed by atoms with Gasteiger partial charge < -0.3 is 0 Å². The molecule has 0 N–H and O–H groups in total. The molecule has 0 heteroatoms. The predicted molar refractivity (Wildman–Crippen MR) is 87.6 cm³/mol. The fourth-order valence-electron chi connectivity index (χ4n) is 2.85. The first kappa shape index (κ1) is 14.8. The van der Waals surface area contributed by atoms with Gasteiger partial charge in [0.15, 0.2) is 0 Å². The van der Waals surface area contributed by atoms with E-state index >= 15 is 0 Å². The maximum absolute atomic E-state index is 4.60. The molecule has 20 heavy (non-hydrogen) atoms. The summed E-state index contributed by atoms with van der Waals surface area (Å²) in [4.78, 5) is 0. The van der Waals surface area contributed by atoms with Crippen LogP contribution in [-0.4, -0.2) is 0 Å². The highest BCUT2D eigenvalue weighted by Gasteiger charge is 2.24. The predicted octanol–water partition coefficient (Wildman–Crippen LogP) is 5.48. The molecular weight excluding hydrogens is 240 g/mol. The van der Waals surface area contributed by atoms with Gasteiger partial charge in [0.2, 0.25) is 0 Å². The van der Waals surface area contributed by atoms with E-state index in [4.69, 9.17) is 0 Å². The van der Waals surface area contributed by atoms with E-state index in [0.717, 1.165) is 12.8 Å². The molecule has 2 rings (SSSR count). The van der Waals surface area contributed by atoms with Crippen molar-refractivity contribution in [2.24, 2.45) is 5.41 Å². The van der Waals surface area contributed by atoms with Crippen molar-refractivity contribution in [1.29, 1.82) is 0 Å². The lowest BCUT2D eigenvalue weighted by atomic mass is 9.75. The Morgan fingerprint density at radius 1 is 0.800 bits per heavy atom. The molecule has 0 amide bonds. The van der Waals surface area contributed by atoms with E-state index in [2.05, 4.69) is 74.5 Å². The molecule has 0 nitrogen and oxygen atoms in total. The van der Waals surface area contributed by atoms with Crippen LogP contribution < -0.4 is 0 Å². The normalized spacial score (nSPS) is 11.5. The van der Waals surface area contributed by atoms with Crippen molar-refractivity contribution in [3.8, 4) is 0 Å². The smallest absolute Gasteiger partial charge is 0.0216 e. The van der Waals surface area contributed by atoms with Gasteiger partial charge in [-0.2, -0.15) is 0 Å². The number of hydrogen-bond donors (Lipinski definition) is 0. The number of benzene rings is 2. The quantitative estimate of drug-likeness (QED) is 0.621. The van der Waals surface area contributed by atoms with Gasteiger partial charge in [0, 0.05) is 0 Å². The SMILES string of the molecule is [CH2]C(CCCC)(Cc1ccccc1)Cc1ccccc1. The molecule has 0 aliphatic heterocycles. The maximum atomic E-state index is 4.60. The van der Waals surface area contributed by atoms with Crippen LogP contribution in [-0.2, 0) is 12.8 Å². The minimum absolute atomic E-state index is 0.110. The monoisotopic (exact) mass is 265 g/mol. The van der Waals surface area contributed by atoms with Crippen LogP contribution in [0.5, 0.6) is 0 Å². The summed E-state index contributed by atoms with van der Waals surface area (Å²) in [7, 11) is 0. The van der Waals surface area contributed by atoms with Gasteiger partial charge in [0.05, 0.1) is 0 Å². The van der Waals surface area contributed by atoms with Crippen LogP contribution >= 0.6 is 0 Å². The zero-order valence-corrected chi connectivity index (χ0v) is 12.5. The Balaban J connectivity index is 2.12. The molecule has 2 aromatic rings. The zero-order valence-electron chi connectivity index (χ0n) is 12.5. The molecule has 0 saturated heterocycles. The van der Waals surface area contributed by atoms with Gasteiger partial charge in [-0.05, 0) is 42.7 Å². The molecule has 2 aromatic carbocycles. The molecule has 0 aliphatic carbocycles. The molecule has 0 bridgehead atoms. The minimum atomic E-state index is 0.110. The molecule has 0 atom stereocenters. The average Bonchev–Trinajstić information content (AvgIpc) is 2.47. The minimum Gasteiger partial charge on any atom is -0.0654 e. The molecular formula is C20H25. The fourth-order valence-corrected chi connectivity index (χ4v) is 2.85. The van der Waals surface area contributed by atoms with E-state index in [0.29, 0.717) is 0 Å². The van der Waals surface area contributed by atoms with Crippen molar-refractivity contribution in [2.75, 3.05) is 0 Å². The highest BCUT2D eigenvalue weighted by molar-refractivity contribution is 5.21. The van der Waals surface area contributed by atoms with Crippen molar-refractivity contribution in [2.45, 2.75) is 39.0 Å². The Morgan fingerprint density at radius 3 is 1.65 bits per heavy atom. The second-order valence-corrected chi connectivity index (χ2v) is 5.93. The summed E-state index contributed by atoms with van der Waals surface area (Å²) < 4.78 is 0. The topological polar surface area (TPSA) is 0 Å². The van der Waals surface area contributed by atoms with Gasteiger partial charge in [0.25, 0.3) is 0 Å². The largest absolute Gasteiger partial charge is 0.0654 e. The van der Waals surface area contributed by atoms with E-state index in [1.165, 1.54) is 30.4 Å². The Kier molecular flexibility index (Phi) is 5.40. The Labute approximate surface area is 123 Å². The van der Waals surface area contributed by atoms with Gasteiger partial charge in [0.1, 0.15) is 0 Å². The van der Waals surface area contributed by atoms with Gasteiger partial charge in [-0.25, -0.2) is 0 Å². The summed E-state index contributed by atoms with van der Waals surface area (Å²) in [5, 5.41) is 0. The van der Waals surface area contributed by atoms with Crippen molar-refractivity contribution in [3.05, 3.63) is 78.7 Å². The van der Waals surface area contributed by atoms with Crippen molar-refractivity contribution in [1.82, 2.24) is 0 Å². The highest BCUT2D eigenvalue weighted by atomic mass is 14.3. The second-order valence-electron chi connectivity index (χ2n) is 5.93. The van der Waals surface area contributed by atoms with Crippen LogP contribution in [0.2, 0.25) is 0 Å². The van der Waals surface area contributed by atoms with E-state index < -0.39 is 0 Å². The Morgan fingerprint density at radius 2 is 1.25 bits per heavy atom. The van der Waals surface area contributed by atoms with E-state index in [-0.39, 0.29) is 5.41 Å². The van der Waals surface area contributed by atoms with Crippen LogP contribution in [0.3, 0.4) is 0 Å². The number of hydrogen-bond acceptors (Lipinski definition) is 0. The first-order valence-corrected chi connectivity index (χ1v) is 7.65. The molecule has 0 spiro atoms.